The Morgan fingerprint density at radius 1 is 0.842 bits per heavy atom. The van der Waals surface area contributed by atoms with E-state index in [-0.39, 0.29) is 47.0 Å². The lowest BCUT2D eigenvalue weighted by atomic mass is 9.43. The number of nitrogens with zero attached hydrogens (tertiary/aromatic N) is 4. The highest BCUT2D eigenvalue weighted by Crippen LogP contribution is 2.67. The summed E-state index contributed by atoms with van der Waals surface area (Å²) >= 11 is 0. The van der Waals surface area contributed by atoms with Crippen LogP contribution >= 0.6 is 0 Å². The van der Waals surface area contributed by atoms with Gasteiger partial charge in [-0.1, -0.05) is 0 Å². The third-order valence-corrected chi connectivity index (χ3v) is 7.72. The van der Waals surface area contributed by atoms with Gasteiger partial charge < -0.3 is 8.83 Å². The first-order valence-electron chi connectivity index (χ1n) is 12.2. The van der Waals surface area contributed by atoms with E-state index in [2.05, 4.69) is 21.1 Å². The van der Waals surface area contributed by atoms with Crippen molar-refractivity contribution in [1.29, 1.82) is 0 Å². The molecule has 2 aromatic heterocycles. The van der Waals surface area contributed by atoms with Gasteiger partial charge >= 0.3 is 11.8 Å². The van der Waals surface area contributed by atoms with Crippen molar-refractivity contribution in [3.8, 4) is 0 Å². The number of carbonyl (C=O) groups is 2. The fourth-order valence-corrected chi connectivity index (χ4v) is 7.18. The molecule has 4 aliphatic rings. The molecule has 0 unspecified atom stereocenters. The van der Waals surface area contributed by atoms with E-state index in [0.717, 1.165) is 38.5 Å². The molecular formula is C24H26N6O8. The predicted octanol–water partition coefficient (Wildman–Crippen LogP) is 3.66. The van der Waals surface area contributed by atoms with Crippen LogP contribution in [0, 0.1) is 42.9 Å². The van der Waals surface area contributed by atoms with Crippen LogP contribution in [0.5, 0.6) is 0 Å². The van der Waals surface area contributed by atoms with Gasteiger partial charge in [-0.05, 0) is 73.3 Å². The van der Waals surface area contributed by atoms with Crippen LogP contribution in [0.3, 0.4) is 0 Å². The summed E-state index contributed by atoms with van der Waals surface area (Å²) in [4.78, 5) is 45.7. The molecule has 38 heavy (non-hydrogen) atoms. The number of rotatable bonds is 10. The second-order valence-electron chi connectivity index (χ2n) is 10.8. The first kappa shape index (κ1) is 25.3. The molecule has 2 N–H and O–H groups in total. The Labute approximate surface area is 215 Å². The third-order valence-electron chi connectivity index (χ3n) is 7.72. The summed E-state index contributed by atoms with van der Waals surface area (Å²) in [6.45, 7) is 0. The van der Waals surface area contributed by atoms with E-state index in [9.17, 15) is 29.8 Å². The highest BCUT2D eigenvalue weighted by molar-refractivity contribution is 5.82. The molecular weight excluding hydrogens is 500 g/mol. The summed E-state index contributed by atoms with van der Waals surface area (Å²) < 4.78 is 9.99. The minimum Gasteiger partial charge on any atom is -0.400 e. The molecule has 2 amide bonds. The van der Waals surface area contributed by atoms with Crippen molar-refractivity contribution in [1.82, 2.24) is 10.9 Å². The van der Waals surface area contributed by atoms with Gasteiger partial charge in [0.1, 0.15) is 9.85 Å². The molecule has 6 rings (SSSR count). The van der Waals surface area contributed by atoms with E-state index in [1.807, 2.05) is 0 Å². The van der Waals surface area contributed by atoms with Crippen molar-refractivity contribution >= 4 is 36.0 Å². The van der Waals surface area contributed by atoms with Crippen LogP contribution in [-0.2, 0) is 9.59 Å². The standard InChI is InChI=1S/C24H26N6O8/c31-19(27-25-12-17-1-3-21(37-17)29(33)34)10-23-6-15-5-16(7-23)9-24(8-15,14-23)11-20(32)28-26-13-18-2-4-22(38-18)30(35)36/h1-4,12-13,15-16H,5-11,14H2,(H,27,31)(H,28,32)/b25-12+,26-13+. The number of furan rings is 2. The molecule has 2 heterocycles. The van der Waals surface area contributed by atoms with Crippen LogP contribution in [0.25, 0.3) is 0 Å². The summed E-state index contributed by atoms with van der Waals surface area (Å²) in [6, 6.07) is 5.21. The maximum Gasteiger partial charge on any atom is 0.433 e. The number of nitro groups is 2. The van der Waals surface area contributed by atoms with E-state index in [4.69, 9.17) is 8.83 Å². The Balaban J connectivity index is 1.17. The minimum absolute atomic E-state index is 0.157. The van der Waals surface area contributed by atoms with Gasteiger partial charge in [0.15, 0.2) is 11.5 Å². The molecule has 0 spiro atoms. The number of hydrazone groups is 2. The molecule has 14 nitrogen and oxygen atoms in total. The smallest absolute Gasteiger partial charge is 0.400 e. The van der Waals surface area contributed by atoms with Gasteiger partial charge in [0.25, 0.3) is 0 Å². The maximum absolute atomic E-state index is 12.8. The minimum atomic E-state index is -0.654. The molecule has 0 atom stereocenters. The van der Waals surface area contributed by atoms with Crippen LogP contribution < -0.4 is 10.9 Å². The van der Waals surface area contributed by atoms with Crippen LogP contribution in [0.1, 0.15) is 62.9 Å². The summed E-state index contributed by atoms with van der Waals surface area (Å²) in [6.07, 6.45) is 8.62. The van der Waals surface area contributed by atoms with Crippen molar-refractivity contribution in [2.75, 3.05) is 0 Å². The van der Waals surface area contributed by atoms with Crippen molar-refractivity contribution in [3.63, 3.8) is 0 Å². The van der Waals surface area contributed by atoms with Crippen LogP contribution in [-0.4, -0.2) is 34.1 Å². The summed E-state index contributed by atoms with van der Waals surface area (Å²) in [5, 5.41) is 29.2. The van der Waals surface area contributed by atoms with Crippen LogP contribution in [0.15, 0.2) is 43.3 Å². The first-order chi connectivity index (χ1) is 18.1. The molecule has 2 aromatic rings. The summed E-state index contributed by atoms with van der Waals surface area (Å²) in [7, 11) is 0. The largest absolute Gasteiger partial charge is 0.433 e. The van der Waals surface area contributed by atoms with Crippen molar-refractivity contribution in [3.05, 3.63) is 56.0 Å². The van der Waals surface area contributed by atoms with Gasteiger partial charge in [-0.2, -0.15) is 10.2 Å². The molecule has 0 radical (unpaired) electrons. The Morgan fingerprint density at radius 2 is 1.26 bits per heavy atom. The van der Waals surface area contributed by atoms with Crippen molar-refractivity contribution in [2.24, 2.45) is 32.9 Å². The molecule has 4 saturated carbocycles. The quantitative estimate of drug-likeness (QED) is 0.266. The zero-order valence-corrected chi connectivity index (χ0v) is 20.3. The lowest BCUT2D eigenvalue weighted by Crippen LogP contribution is -2.54. The summed E-state index contributed by atoms with van der Waals surface area (Å²) in [5.41, 5.74) is 4.59. The monoisotopic (exact) mass is 526 g/mol. The van der Waals surface area contributed by atoms with Gasteiger partial charge in [-0.3, -0.25) is 29.8 Å². The highest BCUT2D eigenvalue weighted by atomic mass is 16.7. The van der Waals surface area contributed by atoms with E-state index < -0.39 is 21.6 Å². The third kappa shape index (κ3) is 5.48. The van der Waals surface area contributed by atoms with Gasteiger partial charge in [0.2, 0.25) is 11.8 Å². The van der Waals surface area contributed by atoms with Crippen molar-refractivity contribution < 1.29 is 28.3 Å². The summed E-state index contributed by atoms with van der Waals surface area (Å²) in [5.74, 6) is -0.0867. The van der Waals surface area contributed by atoms with Crippen LogP contribution in [0.4, 0.5) is 11.8 Å². The zero-order valence-electron chi connectivity index (χ0n) is 20.3. The lowest BCUT2D eigenvalue weighted by Gasteiger charge is -2.62. The Bertz CT molecular complexity index is 1220. The van der Waals surface area contributed by atoms with Gasteiger partial charge in [0.05, 0.1) is 24.6 Å². The topological polar surface area (TPSA) is 195 Å². The normalized spacial score (nSPS) is 27.7. The maximum atomic E-state index is 12.8. The van der Waals surface area contributed by atoms with E-state index in [1.165, 1.54) is 36.7 Å². The average Bonchev–Trinajstić information content (AvgIpc) is 3.47. The second-order valence-corrected chi connectivity index (χ2v) is 10.8. The fourth-order valence-electron chi connectivity index (χ4n) is 7.18. The molecule has 14 heteroatoms. The number of amides is 2. The van der Waals surface area contributed by atoms with Gasteiger partial charge in [-0.15, -0.1) is 0 Å². The highest BCUT2D eigenvalue weighted by Gasteiger charge is 2.58. The zero-order chi connectivity index (χ0) is 26.9. The molecule has 4 bridgehead atoms. The number of carbonyl (C=O) groups excluding carboxylic acids is 2. The Morgan fingerprint density at radius 3 is 1.63 bits per heavy atom. The fraction of sp³-hybridized carbons (Fsp3) is 0.500. The van der Waals surface area contributed by atoms with Crippen molar-refractivity contribution in [2.45, 2.75) is 51.4 Å². The number of hydrogen-bond donors (Lipinski definition) is 2. The Kier molecular flexibility index (Phi) is 6.55. The number of nitrogens with one attached hydrogen (secondary N) is 2. The lowest BCUT2D eigenvalue weighted by molar-refractivity contribution is -0.402. The second kappa shape index (κ2) is 9.84. The van der Waals surface area contributed by atoms with E-state index in [1.54, 1.807) is 0 Å². The van der Waals surface area contributed by atoms with E-state index >= 15 is 0 Å². The molecule has 200 valence electrons. The average molecular weight is 527 g/mol. The molecule has 0 aromatic carbocycles. The van der Waals surface area contributed by atoms with E-state index in [0.29, 0.717) is 11.8 Å². The Hall–Kier alpha value is -4.36. The number of hydrogen-bond acceptors (Lipinski definition) is 10. The molecule has 4 fully saturated rings. The first-order valence-corrected chi connectivity index (χ1v) is 12.2. The van der Waals surface area contributed by atoms with Gasteiger partial charge in [-0.25, -0.2) is 10.9 Å². The van der Waals surface area contributed by atoms with Gasteiger partial charge in [0, 0.05) is 12.8 Å². The predicted molar refractivity (Wildman–Crippen MR) is 131 cm³/mol. The molecule has 4 aliphatic carbocycles. The SMILES string of the molecule is O=C(CC12CC3CC(C1)CC(CC(=O)N/N=C/c1ccc([N+](=O)[O-])o1)(C3)C2)N/N=C/c1ccc([N+](=O)[O-])o1. The molecule has 0 aliphatic heterocycles. The van der Waals surface area contributed by atoms with Crippen LogP contribution in [0.2, 0.25) is 0 Å². The molecule has 0 saturated heterocycles.